The molecule has 0 aromatic carbocycles. The highest BCUT2D eigenvalue weighted by atomic mass is 35.5. The molecule has 0 aliphatic rings. The second-order valence-corrected chi connectivity index (χ2v) is 3.97. The Morgan fingerprint density at radius 3 is 2.85 bits per heavy atom. The Bertz CT molecular complexity index is 296. The van der Waals surface area contributed by atoms with E-state index in [2.05, 4.69) is 0 Å². The zero-order valence-corrected chi connectivity index (χ0v) is 9.11. The number of thiophene rings is 1. The van der Waals surface area contributed by atoms with Crippen LogP contribution in [0.1, 0.15) is 24.1 Å². The molecule has 0 N–H and O–H groups in total. The minimum absolute atomic E-state index is 0.211. The molecule has 0 aliphatic heterocycles. The van der Waals surface area contributed by atoms with Crippen molar-refractivity contribution in [1.82, 2.24) is 0 Å². The van der Waals surface area contributed by atoms with Gasteiger partial charge in [-0.05, 0) is 17.9 Å². The third-order valence-electron chi connectivity index (χ3n) is 1.86. The molecular formula is C9H11ClO2S. The molecule has 13 heavy (non-hydrogen) atoms. The first kappa shape index (κ1) is 10.5. The van der Waals surface area contributed by atoms with Crippen molar-refractivity contribution in [2.24, 2.45) is 0 Å². The molecule has 0 amide bonds. The van der Waals surface area contributed by atoms with Crippen LogP contribution in [0.15, 0.2) is 11.4 Å². The van der Waals surface area contributed by atoms with Crippen LogP contribution in [-0.2, 0) is 9.53 Å². The minimum atomic E-state index is -0.216. The molecule has 0 fully saturated rings. The number of rotatable bonds is 3. The average Bonchev–Trinajstić information content (AvgIpc) is 2.53. The normalized spacial score (nSPS) is 12.5. The summed E-state index contributed by atoms with van der Waals surface area (Å²) in [4.78, 5) is 12.2. The maximum absolute atomic E-state index is 11.3. The number of carbonyl (C=O) groups is 1. The Balaban J connectivity index is 2.90. The molecular weight excluding hydrogens is 208 g/mol. The zero-order valence-electron chi connectivity index (χ0n) is 7.54. The number of halogens is 1. The Hall–Kier alpha value is -0.540. The van der Waals surface area contributed by atoms with E-state index in [0.29, 0.717) is 11.4 Å². The molecule has 1 heterocycles. The van der Waals surface area contributed by atoms with E-state index in [4.69, 9.17) is 16.3 Å². The predicted octanol–water partition coefficient (Wildman–Crippen LogP) is 3.07. The van der Waals surface area contributed by atoms with E-state index >= 15 is 0 Å². The Labute approximate surface area is 86.5 Å². The third kappa shape index (κ3) is 2.23. The lowest BCUT2D eigenvalue weighted by Crippen LogP contribution is -2.12. The highest BCUT2D eigenvalue weighted by molar-refractivity contribution is 7.10. The van der Waals surface area contributed by atoms with Gasteiger partial charge >= 0.3 is 5.97 Å². The molecule has 72 valence electrons. The predicted molar refractivity (Wildman–Crippen MR) is 54.4 cm³/mol. The summed E-state index contributed by atoms with van der Waals surface area (Å²) in [5.41, 5.74) is 0. The van der Waals surface area contributed by atoms with Crippen molar-refractivity contribution in [3.8, 4) is 0 Å². The number of ether oxygens (including phenoxy) is 1. The molecule has 0 bridgehead atoms. The second-order valence-electron chi connectivity index (χ2n) is 2.62. The van der Waals surface area contributed by atoms with Gasteiger partial charge in [0, 0.05) is 4.88 Å². The van der Waals surface area contributed by atoms with Crippen LogP contribution in [0.4, 0.5) is 0 Å². The molecule has 4 heteroatoms. The van der Waals surface area contributed by atoms with Crippen LogP contribution in [0, 0.1) is 0 Å². The van der Waals surface area contributed by atoms with Gasteiger partial charge in [-0.3, -0.25) is 4.79 Å². The van der Waals surface area contributed by atoms with E-state index in [1.807, 2.05) is 12.3 Å². The minimum Gasteiger partial charge on any atom is -0.469 e. The van der Waals surface area contributed by atoms with Crippen LogP contribution >= 0.6 is 22.9 Å². The summed E-state index contributed by atoms with van der Waals surface area (Å²) in [6, 6.07) is 1.80. The largest absolute Gasteiger partial charge is 0.469 e. The molecule has 1 rings (SSSR count). The first-order valence-corrected chi connectivity index (χ1v) is 5.27. The molecule has 0 spiro atoms. The van der Waals surface area contributed by atoms with Crippen LogP contribution in [0.3, 0.4) is 0 Å². The molecule has 2 nitrogen and oxygen atoms in total. The monoisotopic (exact) mass is 218 g/mol. The van der Waals surface area contributed by atoms with Gasteiger partial charge in [-0.25, -0.2) is 0 Å². The second kappa shape index (κ2) is 4.63. The van der Waals surface area contributed by atoms with Gasteiger partial charge in [0.2, 0.25) is 0 Å². The molecule has 0 saturated carbocycles. The van der Waals surface area contributed by atoms with E-state index in [1.165, 1.54) is 18.4 Å². The summed E-state index contributed by atoms with van der Waals surface area (Å²) in [5, 5.41) is 2.53. The quantitative estimate of drug-likeness (QED) is 0.729. The van der Waals surface area contributed by atoms with Crippen molar-refractivity contribution in [3.05, 3.63) is 21.3 Å². The molecule has 0 saturated heterocycles. The fourth-order valence-corrected chi connectivity index (χ4v) is 2.52. The summed E-state index contributed by atoms with van der Waals surface area (Å²) >= 11 is 7.41. The van der Waals surface area contributed by atoms with Crippen molar-refractivity contribution >= 4 is 28.9 Å². The molecule has 0 aliphatic carbocycles. The van der Waals surface area contributed by atoms with Gasteiger partial charge in [-0.2, -0.15) is 0 Å². The first-order chi connectivity index (χ1) is 6.20. The lowest BCUT2D eigenvalue weighted by atomic mass is 10.1. The van der Waals surface area contributed by atoms with Crippen molar-refractivity contribution in [2.45, 2.75) is 19.3 Å². The Morgan fingerprint density at radius 1 is 1.77 bits per heavy atom. The van der Waals surface area contributed by atoms with Gasteiger partial charge in [0.25, 0.3) is 0 Å². The maximum Gasteiger partial charge on any atom is 0.314 e. The molecule has 1 aromatic heterocycles. The molecule has 1 aromatic rings. The van der Waals surface area contributed by atoms with E-state index < -0.39 is 0 Å². The van der Waals surface area contributed by atoms with Gasteiger partial charge in [0.1, 0.15) is 0 Å². The van der Waals surface area contributed by atoms with Crippen molar-refractivity contribution < 1.29 is 9.53 Å². The standard InChI is InChI=1S/C9H11ClO2S/c1-3-6(9(11)12-2)8-7(10)4-5-13-8/h4-6H,3H2,1-2H3. The van der Waals surface area contributed by atoms with Crippen LogP contribution in [0.2, 0.25) is 5.02 Å². The van der Waals surface area contributed by atoms with Gasteiger partial charge in [0.15, 0.2) is 0 Å². The maximum atomic E-state index is 11.3. The third-order valence-corrected chi connectivity index (χ3v) is 3.33. The number of esters is 1. The summed E-state index contributed by atoms with van der Waals surface area (Å²) in [6.45, 7) is 1.94. The summed E-state index contributed by atoms with van der Waals surface area (Å²) in [7, 11) is 1.40. The van der Waals surface area contributed by atoms with Gasteiger partial charge in [-0.15, -0.1) is 11.3 Å². The lowest BCUT2D eigenvalue weighted by molar-refractivity contribution is -0.142. The van der Waals surface area contributed by atoms with E-state index in [0.717, 1.165) is 4.88 Å². The van der Waals surface area contributed by atoms with E-state index in [-0.39, 0.29) is 11.9 Å². The Kier molecular flexibility index (Phi) is 3.75. The van der Waals surface area contributed by atoms with Gasteiger partial charge in [0.05, 0.1) is 18.1 Å². The van der Waals surface area contributed by atoms with E-state index in [9.17, 15) is 4.79 Å². The smallest absolute Gasteiger partial charge is 0.314 e. The number of hydrogen-bond acceptors (Lipinski definition) is 3. The number of hydrogen-bond donors (Lipinski definition) is 0. The summed E-state index contributed by atoms with van der Waals surface area (Å²) < 4.78 is 4.69. The number of carbonyl (C=O) groups excluding carboxylic acids is 1. The van der Waals surface area contributed by atoms with Crippen molar-refractivity contribution in [2.75, 3.05) is 7.11 Å². The van der Waals surface area contributed by atoms with Gasteiger partial charge in [-0.1, -0.05) is 18.5 Å². The lowest BCUT2D eigenvalue weighted by Gasteiger charge is -2.10. The summed E-state index contributed by atoms with van der Waals surface area (Å²) in [6.07, 6.45) is 0.715. The Morgan fingerprint density at radius 2 is 2.46 bits per heavy atom. The SMILES string of the molecule is CCC(C(=O)OC)c1sccc1Cl. The van der Waals surface area contributed by atoms with E-state index in [1.54, 1.807) is 6.07 Å². The molecule has 1 atom stereocenters. The number of methoxy groups -OCH3 is 1. The molecule has 1 unspecified atom stereocenters. The summed E-state index contributed by atoms with van der Waals surface area (Å²) in [5.74, 6) is -0.427. The average molecular weight is 219 g/mol. The fraction of sp³-hybridized carbons (Fsp3) is 0.444. The van der Waals surface area contributed by atoms with Crippen LogP contribution in [0.5, 0.6) is 0 Å². The first-order valence-electron chi connectivity index (χ1n) is 4.01. The highest BCUT2D eigenvalue weighted by Crippen LogP contribution is 2.32. The zero-order chi connectivity index (χ0) is 9.84. The van der Waals surface area contributed by atoms with Crippen LogP contribution in [-0.4, -0.2) is 13.1 Å². The van der Waals surface area contributed by atoms with Crippen molar-refractivity contribution in [3.63, 3.8) is 0 Å². The van der Waals surface area contributed by atoms with Crippen LogP contribution < -0.4 is 0 Å². The molecule has 0 radical (unpaired) electrons. The highest BCUT2D eigenvalue weighted by Gasteiger charge is 2.22. The van der Waals surface area contributed by atoms with Gasteiger partial charge < -0.3 is 4.74 Å². The van der Waals surface area contributed by atoms with Crippen LogP contribution in [0.25, 0.3) is 0 Å². The van der Waals surface area contributed by atoms with Crippen molar-refractivity contribution in [1.29, 1.82) is 0 Å². The fourth-order valence-electron chi connectivity index (χ4n) is 1.16. The topological polar surface area (TPSA) is 26.3 Å².